The molecule has 0 radical (unpaired) electrons. The smallest absolute Gasteiger partial charge is 0.262 e. The van der Waals surface area contributed by atoms with Crippen LogP contribution < -0.4 is 9.64 Å². The number of fused-ring (bicyclic) bond motifs is 2. The zero-order chi connectivity index (χ0) is 42.7. The number of anilines is 1. The third-order valence-corrected chi connectivity index (χ3v) is 13.3. The number of rotatable bonds is 14. The second-order valence-electron chi connectivity index (χ2n) is 17.0. The highest BCUT2D eigenvalue weighted by Gasteiger charge is 2.44. The molecule has 3 aromatic carbocycles. The van der Waals surface area contributed by atoms with Crippen LogP contribution in [0.4, 0.5) is 5.69 Å². The molecule has 1 atom stereocenters. The lowest BCUT2D eigenvalue weighted by Gasteiger charge is -2.36. The first-order valence-electron chi connectivity index (χ1n) is 21.8. The molecule has 5 aromatic rings. The van der Waals surface area contributed by atoms with Crippen molar-refractivity contribution >= 4 is 57.5 Å². The summed E-state index contributed by atoms with van der Waals surface area (Å²) >= 11 is 6.65. The SMILES string of the molecule is O=C1CCC(N2C(=O)c3ccc(N4CCN(CCCCCN5CCC(Cc6ncnc7[nH]cc(C(=O)c8ccc(Oc9ccccc9)cc8Cl)c67)CC5)CC4)cc3C2=O)C(=O)C1. The number of carbonyl (C=O) groups excluding carboxylic acids is 5. The van der Waals surface area contributed by atoms with Gasteiger partial charge < -0.3 is 19.5 Å². The fourth-order valence-electron chi connectivity index (χ4n) is 9.50. The predicted octanol–water partition coefficient (Wildman–Crippen LogP) is 7.17. The topological polar surface area (TPSA) is 149 Å². The number of carbonyl (C=O) groups is 5. The van der Waals surface area contributed by atoms with Gasteiger partial charge in [0.2, 0.25) is 0 Å². The van der Waals surface area contributed by atoms with Crippen molar-refractivity contribution in [2.75, 3.05) is 57.3 Å². The molecule has 0 bridgehead atoms. The summed E-state index contributed by atoms with van der Waals surface area (Å²) in [5.41, 5.74) is 4.04. The number of hydrogen-bond acceptors (Lipinski definition) is 11. The number of likely N-dealkylation sites (tertiary alicyclic amines) is 1. The van der Waals surface area contributed by atoms with Gasteiger partial charge in [-0.2, -0.15) is 0 Å². The third-order valence-electron chi connectivity index (χ3n) is 13.0. The number of unbranched alkanes of at least 4 members (excludes halogenated alkanes) is 2. The number of piperazine rings is 1. The number of hydrogen-bond donors (Lipinski definition) is 1. The second kappa shape index (κ2) is 18.3. The minimum atomic E-state index is -0.855. The first kappa shape index (κ1) is 41.6. The van der Waals surface area contributed by atoms with E-state index in [2.05, 4.69) is 29.7 Å². The van der Waals surface area contributed by atoms with Crippen molar-refractivity contribution in [3.8, 4) is 11.5 Å². The van der Waals surface area contributed by atoms with E-state index in [-0.39, 0.29) is 36.6 Å². The molecule has 3 fully saturated rings. The van der Waals surface area contributed by atoms with Crippen LogP contribution in [0.1, 0.15) is 93.7 Å². The fraction of sp³-hybridized carbons (Fsp3) is 0.396. The molecule has 0 spiro atoms. The summed E-state index contributed by atoms with van der Waals surface area (Å²) in [6.07, 6.45) is 9.90. The Morgan fingerprint density at radius 2 is 1.50 bits per heavy atom. The molecule has 9 rings (SSSR count). The minimum Gasteiger partial charge on any atom is -0.457 e. The highest BCUT2D eigenvalue weighted by Crippen LogP contribution is 2.34. The standard InChI is InChI=1S/C48H50ClN7O6/c49-40-28-35(62-34-7-3-1-4-8-34)11-13-37(40)45(59)39-29-50-46-44(39)41(51-30-52-46)25-31-15-19-53(20-16-31)17-5-2-6-18-54-21-23-55(24-22-54)32-9-12-36-38(26-32)48(61)56(47(36)60)42-14-10-33(57)27-43(42)58/h1,3-4,7-9,11-13,26,28-31,42H,2,5-6,10,14-25,27H2,(H,50,51,52). The first-order chi connectivity index (χ1) is 30.2. The van der Waals surface area contributed by atoms with E-state index in [4.69, 9.17) is 16.3 Å². The number of ketones is 3. The van der Waals surface area contributed by atoms with E-state index in [1.54, 1.807) is 42.9 Å². The van der Waals surface area contributed by atoms with E-state index in [9.17, 15) is 24.0 Å². The number of para-hydroxylation sites is 1. The number of aromatic amines is 1. The molecule has 3 aliphatic heterocycles. The maximum atomic E-state index is 13.9. The number of amides is 2. The van der Waals surface area contributed by atoms with E-state index in [1.165, 1.54) is 6.42 Å². The lowest BCUT2D eigenvalue weighted by Crippen LogP contribution is -2.47. The zero-order valence-corrected chi connectivity index (χ0v) is 35.4. The molecular weight excluding hydrogens is 806 g/mol. The largest absolute Gasteiger partial charge is 0.457 e. The van der Waals surface area contributed by atoms with Gasteiger partial charge in [-0.25, -0.2) is 9.97 Å². The predicted molar refractivity (Wildman–Crippen MR) is 235 cm³/mol. The third kappa shape index (κ3) is 8.79. The normalized spacial score (nSPS) is 19.1. The van der Waals surface area contributed by atoms with Gasteiger partial charge in [0.15, 0.2) is 11.6 Å². The van der Waals surface area contributed by atoms with Gasteiger partial charge in [-0.3, -0.25) is 33.8 Å². The molecule has 320 valence electrons. The fourth-order valence-corrected chi connectivity index (χ4v) is 9.75. The van der Waals surface area contributed by atoms with Gasteiger partial charge in [-0.15, -0.1) is 0 Å². The van der Waals surface area contributed by atoms with E-state index < -0.39 is 17.9 Å². The molecule has 1 aliphatic carbocycles. The molecule has 2 aromatic heterocycles. The second-order valence-corrected chi connectivity index (χ2v) is 17.4. The van der Waals surface area contributed by atoms with Crippen molar-refractivity contribution in [1.82, 2.24) is 29.7 Å². The number of imide groups is 1. The maximum absolute atomic E-state index is 13.9. The number of nitrogens with zero attached hydrogens (tertiary/aromatic N) is 6. The Labute approximate surface area is 365 Å². The van der Waals surface area contributed by atoms with Gasteiger partial charge in [0.1, 0.15) is 29.3 Å². The molecule has 2 saturated heterocycles. The molecule has 1 N–H and O–H groups in total. The Morgan fingerprint density at radius 1 is 0.758 bits per heavy atom. The van der Waals surface area contributed by atoms with Crippen LogP contribution in [0.25, 0.3) is 11.0 Å². The molecule has 2 amide bonds. The zero-order valence-electron chi connectivity index (χ0n) is 34.7. The summed E-state index contributed by atoms with van der Waals surface area (Å²) in [4.78, 5) is 85.3. The van der Waals surface area contributed by atoms with Gasteiger partial charge in [0.05, 0.1) is 45.3 Å². The monoisotopic (exact) mass is 855 g/mol. The van der Waals surface area contributed by atoms with Crippen LogP contribution in [0, 0.1) is 5.92 Å². The van der Waals surface area contributed by atoms with Gasteiger partial charge in [0.25, 0.3) is 11.8 Å². The molecule has 4 aliphatic rings. The summed E-state index contributed by atoms with van der Waals surface area (Å²) in [5.74, 6) is 0.158. The minimum absolute atomic E-state index is 0.138. The first-order valence-corrected chi connectivity index (χ1v) is 22.2. The summed E-state index contributed by atoms with van der Waals surface area (Å²) in [7, 11) is 0. The van der Waals surface area contributed by atoms with E-state index in [0.29, 0.717) is 50.3 Å². The Kier molecular flexibility index (Phi) is 12.3. The number of piperidine rings is 1. The maximum Gasteiger partial charge on any atom is 0.262 e. The molecule has 62 heavy (non-hydrogen) atoms. The van der Waals surface area contributed by atoms with Crippen molar-refractivity contribution < 1.29 is 28.7 Å². The average Bonchev–Trinajstić information content (AvgIpc) is 3.83. The Bertz CT molecular complexity index is 2510. The number of halogens is 1. The van der Waals surface area contributed by atoms with Crippen LogP contribution in [0.2, 0.25) is 5.02 Å². The number of H-pyrrole nitrogens is 1. The van der Waals surface area contributed by atoms with Crippen molar-refractivity contribution in [1.29, 1.82) is 0 Å². The van der Waals surface area contributed by atoms with Gasteiger partial charge >= 0.3 is 0 Å². The number of aromatic nitrogens is 3. The molecular formula is C48H50ClN7O6. The van der Waals surface area contributed by atoms with Crippen LogP contribution in [0.3, 0.4) is 0 Å². The molecule has 5 heterocycles. The van der Waals surface area contributed by atoms with Gasteiger partial charge in [-0.1, -0.05) is 36.2 Å². The lowest BCUT2D eigenvalue weighted by molar-refractivity contribution is -0.132. The van der Waals surface area contributed by atoms with Crippen LogP contribution in [0.15, 0.2) is 79.3 Å². The lowest BCUT2D eigenvalue weighted by atomic mass is 9.90. The number of Topliss-reactive ketones (excluding diaryl/α,β-unsaturated/α-hetero) is 2. The van der Waals surface area contributed by atoms with Crippen molar-refractivity contribution in [2.24, 2.45) is 5.92 Å². The van der Waals surface area contributed by atoms with Gasteiger partial charge in [-0.05, 0) is 113 Å². The highest BCUT2D eigenvalue weighted by molar-refractivity contribution is 6.35. The summed E-state index contributed by atoms with van der Waals surface area (Å²) in [6.45, 7) is 7.76. The van der Waals surface area contributed by atoms with Crippen LogP contribution in [-0.2, 0) is 16.0 Å². The molecule has 1 saturated carbocycles. The van der Waals surface area contributed by atoms with Crippen molar-refractivity contribution in [3.63, 3.8) is 0 Å². The number of ether oxygens (including phenoxy) is 1. The van der Waals surface area contributed by atoms with Crippen LogP contribution in [0.5, 0.6) is 11.5 Å². The van der Waals surface area contributed by atoms with Crippen LogP contribution >= 0.6 is 11.6 Å². The van der Waals surface area contributed by atoms with Crippen LogP contribution in [-0.4, -0.2) is 117 Å². The van der Waals surface area contributed by atoms with E-state index in [0.717, 1.165) is 106 Å². The summed E-state index contributed by atoms with van der Waals surface area (Å²) in [5, 5.41) is 1.09. The highest BCUT2D eigenvalue weighted by atomic mass is 35.5. The molecule has 13 nitrogen and oxygen atoms in total. The number of benzene rings is 3. The van der Waals surface area contributed by atoms with Gasteiger partial charge in [0, 0.05) is 56.1 Å². The van der Waals surface area contributed by atoms with E-state index >= 15 is 0 Å². The Balaban J connectivity index is 0.700. The Morgan fingerprint density at radius 3 is 2.24 bits per heavy atom. The van der Waals surface area contributed by atoms with Crippen molar-refractivity contribution in [3.05, 3.63) is 112 Å². The number of nitrogens with one attached hydrogen (secondary N) is 1. The van der Waals surface area contributed by atoms with E-state index in [1.807, 2.05) is 36.4 Å². The average molecular weight is 856 g/mol. The Hall–Kier alpha value is -5.76. The summed E-state index contributed by atoms with van der Waals surface area (Å²) in [6, 6.07) is 19.1. The molecule has 14 heteroatoms. The van der Waals surface area contributed by atoms with Crippen molar-refractivity contribution in [2.45, 2.75) is 63.8 Å². The molecule has 1 unspecified atom stereocenters. The summed E-state index contributed by atoms with van der Waals surface area (Å²) < 4.78 is 5.91. The quantitative estimate of drug-likeness (QED) is 0.0525.